The minimum absolute atomic E-state index is 0.262. The van der Waals surface area contributed by atoms with Crippen LogP contribution >= 0.6 is 0 Å². The zero-order valence-electron chi connectivity index (χ0n) is 33.7. The van der Waals surface area contributed by atoms with Gasteiger partial charge in [0.05, 0.1) is 0 Å². The smallest absolute Gasteiger partial charge is 0.303 e. The molecule has 0 saturated carbocycles. The summed E-state index contributed by atoms with van der Waals surface area (Å²) >= 11 is 0. The standard InChI is InChI=1S/C27H56.C20H32O2/c1-3-5-7-9-11-13-15-17-19-21-23-25-27-26-24-22-20-18-16-14-12-10-8-6-4-2;1-2-3-4-5-6-7-8-9-10-11-12-13-14-15-16-17-18-19-20(21)22/h3-27H2,1-2H3;6-7,9-10,12-13,15-16H,2-5,8,11,14,17-19H2,1H3,(H,21,22)/b;7-6-,10-9-,13-12-,16-15-. The van der Waals surface area contributed by atoms with Crippen LogP contribution in [0.25, 0.3) is 0 Å². The number of hydrogen-bond donors (Lipinski definition) is 1. The molecule has 2 nitrogen and oxygen atoms in total. The molecule has 0 aliphatic heterocycles. The van der Waals surface area contributed by atoms with Gasteiger partial charge in [0.2, 0.25) is 0 Å². The summed E-state index contributed by atoms with van der Waals surface area (Å²) in [6.45, 7) is 6.84. The zero-order valence-corrected chi connectivity index (χ0v) is 33.7. The highest BCUT2D eigenvalue weighted by atomic mass is 16.4. The van der Waals surface area contributed by atoms with Crippen LogP contribution in [-0.4, -0.2) is 11.1 Å². The molecule has 0 aliphatic carbocycles. The molecule has 0 atom stereocenters. The van der Waals surface area contributed by atoms with Crippen LogP contribution < -0.4 is 0 Å². The lowest BCUT2D eigenvalue weighted by Crippen LogP contribution is -1.92. The number of aliphatic carboxylic acids is 1. The summed E-state index contributed by atoms with van der Waals surface area (Å²) in [5.74, 6) is -0.712. The van der Waals surface area contributed by atoms with Crippen LogP contribution in [0.5, 0.6) is 0 Å². The minimum atomic E-state index is -0.712. The summed E-state index contributed by atoms with van der Waals surface area (Å²) < 4.78 is 0. The number of allylic oxidation sites excluding steroid dienone is 8. The maximum Gasteiger partial charge on any atom is 0.303 e. The Morgan fingerprint density at radius 3 is 0.816 bits per heavy atom. The van der Waals surface area contributed by atoms with Crippen molar-refractivity contribution in [1.82, 2.24) is 0 Å². The first-order valence-corrected chi connectivity index (χ1v) is 22.0. The van der Waals surface area contributed by atoms with Crippen molar-refractivity contribution in [2.24, 2.45) is 0 Å². The predicted molar refractivity (Wildman–Crippen MR) is 223 cm³/mol. The quantitative estimate of drug-likeness (QED) is 0.0519. The van der Waals surface area contributed by atoms with Gasteiger partial charge in [0.25, 0.3) is 0 Å². The van der Waals surface area contributed by atoms with Gasteiger partial charge in [0.1, 0.15) is 0 Å². The molecule has 0 saturated heterocycles. The fourth-order valence-corrected chi connectivity index (χ4v) is 6.14. The summed E-state index contributed by atoms with van der Waals surface area (Å²) in [6, 6.07) is 0. The lowest BCUT2D eigenvalue weighted by atomic mass is 10.0. The van der Waals surface area contributed by atoms with E-state index >= 15 is 0 Å². The van der Waals surface area contributed by atoms with E-state index in [1.54, 1.807) is 0 Å². The molecule has 0 aliphatic rings. The molecule has 0 spiro atoms. The Hall–Kier alpha value is -1.57. The molecule has 0 unspecified atom stereocenters. The third kappa shape index (κ3) is 53.4. The van der Waals surface area contributed by atoms with E-state index in [0.29, 0.717) is 0 Å². The highest BCUT2D eigenvalue weighted by Crippen LogP contribution is 2.15. The van der Waals surface area contributed by atoms with Crippen LogP contribution in [0.3, 0.4) is 0 Å². The summed E-state index contributed by atoms with van der Waals surface area (Å²) in [6.07, 6.45) is 64.2. The van der Waals surface area contributed by atoms with Crippen molar-refractivity contribution in [3.8, 4) is 0 Å². The van der Waals surface area contributed by atoms with E-state index in [0.717, 1.165) is 32.1 Å². The molecule has 0 aromatic rings. The topological polar surface area (TPSA) is 37.3 Å². The van der Waals surface area contributed by atoms with Gasteiger partial charge in [-0.2, -0.15) is 0 Å². The molecular weight excluding hydrogens is 597 g/mol. The van der Waals surface area contributed by atoms with Gasteiger partial charge in [0.15, 0.2) is 0 Å². The SMILES string of the molecule is CCCCC/C=C\C/C=C\C/C=C\C/C=C\CCCC(=O)O.CCCCCCCCCCCCCCCCCCCCCCCCCCC. The fraction of sp³-hybridized carbons (Fsp3) is 0.809. The number of unbranched alkanes of at least 4 members (excludes halogenated alkanes) is 28. The van der Waals surface area contributed by atoms with E-state index in [-0.39, 0.29) is 6.42 Å². The van der Waals surface area contributed by atoms with Crippen LogP contribution in [0.15, 0.2) is 48.6 Å². The highest BCUT2D eigenvalue weighted by molar-refractivity contribution is 5.66. The average molecular weight is 685 g/mol. The van der Waals surface area contributed by atoms with Crippen LogP contribution in [0.2, 0.25) is 0 Å². The average Bonchev–Trinajstić information content (AvgIpc) is 3.10. The second kappa shape index (κ2) is 48.5. The first-order chi connectivity index (χ1) is 24.2. The molecule has 0 heterocycles. The molecule has 49 heavy (non-hydrogen) atoms. The third-order valence-corrected chi connectivity index (χ3v) is 9.43. The van der Waals surface area contributed by atoms with Gasteiger partial charge in [-0.3, -0.25) is 4.79 Å². The lowest BCUT2D eigenvalue weighted by Gasteiger charge is -2.04. The van der Waals surface area contributed by atoms with Gasteiger partial charge in [0, 0.05) is 6.42 Å². The molecule has 288 valence electrons. The molecule has 0 aromatic carbocycles. The van der Waals surface area contributed by atoms with E-state index < -0.39 is 5.97 Å². The summed E-state index contributed by atoms with van der Waals surface area (Å²) in [5, 5.41) is 8.49. The molecule has 0 fully saturated rings. The number of rotatable bonds is 38. The van der Waals surface area contributed by atoms with Crippen molar-refractivity contribution in [2.45, 2.75) is 245 Å². The maximum atomic E-state index is 10.3. The second-order valence-corrected chi connectivity index (χ2v) is 14.5. The molecule has 1 N–H and O–H groups in total. The Morgan fingerprint density at radius 2 is 0.551 bits per heavy atom. The third-order valence-electron chi connectivity index (χ3n) is 9.43. The summed E-state index contributed by atoms with van der Waals surface area (Å²) in [7, 11) is 0. The van der Waals surface area contributed by atoms with Crippen LogP contribution in [0.1, 0.15) is 245 Å². The predicted octanol–water partition coefficient (Wildman–Crippen LogP) is 17.0. The second-order valence-electron chi connectivity index (χ2n) is 14.5. The van der Waals surface area contributed by atoms with Crippen LogP contribution in [0.4, 0.5) is 0 Å². The Bertz CT molecular complexity index is 692. The van der Waals surface area contributed by atoms with Gasteiger partial charge in [-0.1, -0.05) is 243 Å². The maximum absolute atomic E-state index is 10.3. The molecule has 0 aromatic heterocycles. The van der Waals surface area contributed by atoms with Crippen molar-refractivity contribution in [2.75, 3.05) is 0 Å². The Morgan fingerprint density at radius 1 is 0.327 bits per heavy atom. The van der Waals surface area contributed by atoms with Gasteiger partial charge >= 0.3 is 5.97 Å². The van der Waals surface area contributed by atoms with Crippen molar-refractivity contribution < 1.29 is 9.90 Å². The molecular formula is C47H88O2. The zero-order chi connectivity index (χ0) is 36.0. The normalized spacial score (nSPS) is 11.8. The van der Waals surface area contributed by atoms with Crippen molar-refractivity contribution in [1.29, 1.82) is 0 Å². The fourth-order valence-electron chi connectivity index (χ4n) is 6.14. The van der Waals surface area contributed by atoms with Gasteiger partial charge in [-0.25, -0.2) is 0 Å². The Balaban J connectivity index is 0. The number of carbonyl (C=O) groups is 1. The number of hydrogen-bond acceptors (Lipinski definition) is 1. The minimum Gasteiger partial charge on any atom is -0.481 e. The molecule has 0 rings (SSSR count). The monoisotopic (exact) mass is 685 g/mol. The van der Waals surface area contributed by atoms with E-state index in [2.05, 4.69) is 69.4 Å². The molecule has 2 heteroatoms. The van der Waals surface area contributed by atoms with Crippen LogP contribution in [-0.2, 0) is 4.79 Å². The van der Waals surface area contributed by atoms with Gasteiger partial charge < -0.3 is 5.11 Å². The number of carboxylic acids is 1. The lowest BCUT2D eigenvalue weighted by molar-refractivity contribution is -0.137. The van der Waals surface area contributed by atoms with Gasteiger partial charge in [-0.05, 0) is 44.9 Å². The van der Waals surface area contributed by atoms with Crippen molar-refractivity contribution >= 4 is 5.97 Å². The molecule has 0 bridgehead atoms. The first kappa shape index (κ1) is 49.5. The van der Waals surface area contributed by atoms with E-state index in [1.807, 2.05) is 0 Å². The molecule has 0 amide bonds. The van der Waals surface area contributed by atoms with E-state index in [4.69, 9.17) is 5.11 Å². The molecule has 0 radical (unpaired) electrons. The van der Waals surface area contributed by atoms with Crippen LogP contribution in [0, 0.1) is 0 Å². The summed E-state index contributed by atoms with van der Waals surface area (Å²) in [5.41, 5.74) is 0. The van der Waals surface area contributed by atoms with Crippen molar-refractivity contribution in [3.05, 3.63) is 48.6 Å². The van der Waals surface area contributed by atoms with E-state index in [9.17, 15) is 4.79 Å². The Labute approximate surface area is 309 Å². The van der Waals surface area contributed by atoms with E-state index in [1.165, 1.54) is 186 Å². The first-order valence-electron chi connectivity index (χ1n) is 22.0. The number of carboxylic acid groups (broad SMARTS) is 1. The van der Waals surface area contributed by atoms with Gasteiger partial charge in [-0.15, -0.1) is 0 Å². The largest absolute Gasteiger partial charge is 0.481 e. The Kier molecular flexibility index (Phi) is 49.1. The van der Waals surface area contributed by atoms with Crippen molar-refractivity contribution in [3.63, 3.8) is 0 Å². The summed E-state index contributed by atoms with van der Waals surface area (Å²) in [4.78, 5) is 10.3. The highest BCUT2D eigenvalue weighted by Gasteiger charge is 1.96.